The minimum absolute atomic E-state index is 0.0524. The van der Waals surface area contributed by atoms with Crippen molar-refractivity contribution in [3.63, 3.8) is 0 Å². The molecule has 0 unspecified atom stereocenters. The van der Waals surface area contributed by atoms with Crippen LogP contribution in [0.4, 0.5) is 0 Å². The Morgan fingerprint density at radius 1 is 1.15 bits per heavy atom. The molecule has 0 aliphatic carbocycles. The maximum Gasteiger partial charge on any atom is 0.275 e. The number of carbonyl (C=O) groups is 1. The molecule has 4 rings (SSSR count). The minimum atomic E-state index is -0.241. The first-order chi connectivity index (χ1) is 12.5. The number of carbonyl (C=O) groups excluding carboxylic acids is 1. The average molecular weight is 351 g/mol. The zero-order valence-corrected chi connectivity index (χ0v) is 15.0. The van der Waals surface area contributed by atoms with Crippen molar-refractivity contribution in [3.8, 4) is 11.4 Å². The second kappa shape index (κ2) is 6.40. The molecule has 1 saturated heterocycles. The SMILES string of the molecule is Cc1ccccc1-c1nc2n(CC(=O)N3CCCC3)c(C)cc(=O)n2n1. The molecular formula is C19H21N5O2. The molecule has 7 nitrogen and oxygen atoms in total. The summed E-state index contributed by atoms with van der Waals surface area (Å²) in [5, 5.41) is 4.40. The molecule has 1 aliphatic heterocycles. The topological polar surface area (TPSA) is 72.5 Å². The fourth-order valence-electron chi connectivity index (χ4n) is 3.44. The van der Waals surface area contributed by atoms with E-state index in [2.05, 4.69) is 10.1 Å². The van der Waals surface area contributed by atoms with Gasteiger partial charge in [-0.15, -0.1) is 5.10 Å². The number of aryl methyl sites for hydroxylation is 2. The van der Waals surface area contributed by atoms with Crippen LogP contribution in [0.15, 0.2) is 35.1 Å². The van der Waals surface area contributed by atoms with Gasteiger partial charge in [0.15, 0.2) is 5.82 Å². The molecule has 0 spiro atoms. The van der Waals surface area contributed by atoms with Crippen LogP contribution in [0.3, 0.4) is 0 Å². The lowest BCUT2D eigenvalue weighted by molar-refractivity contribution is -0.130. The fraction of sp³-hybridized carbons (Fsp3) is 0.368. The van der Waals surface area contributed by atoms with Gasteiger partial charge in [-0.3, -0.25) is 9.59 Å². The van der Waals surface area contributed by atoms with E-state index < -0.39 is 0 Å². The van der Waals surface area contributed by atoms with Gasteiger partial charge in [-0.2, -0.15) is 9.50 Å². The molecular weight excluding hydrogens is 330 g/mol. The number of amides is 1. The highest BCUT2D eigenvalue weighted by molar-refractivity contribution is 5.77. The lowest BCUT2D eigenvalue weighted by Gasteiger charge is -2.17. The van der Waals surface area contributed by atoms with Crippen molar-refractivity contribution in [2.75, 3.05) is 13.1 Å². The molecule has 1 aliphatic rings. The molecule has 0 atom stereocenters. The first kappa shape index (κ1) is 16.5. The molecule has 0 N–H and O–H groups in total. The van der Waals surface area contributed by atoms with Crippen molar-refractivity contribution in [1.29, 1.82) is 0 Å². The number of nitrogens with zero attached hydrogens (tertiary/aromatic N) is 5. The normalized spacial score (nSPS) is 14.3. The molecule has 1 amide bonds. The largest absolute Gasteiger partial charge is 0.341 e. The molecule has 0 saturated carbocycles. The Balaban J connectivity index is 1.81. The summed E-state index contributed by atoms with van der Waals surface area (Å²) in [5.74, 6) is 0.950. The van der Waals surface area contributed by atoms with Gasteiger partial charge in [0.2, 0.25) is 11.7 Å². The van der Waals surface area contributed by atoms with Gasteiger partial charge in [0.1, 0.15) is 6.54 Å². The first-order valence-corrected chi connectivity index (χ1v) is 8.85. The summed E-state index contributed by atoms with van der Waals surface area (Å²) in [6, 6.07) is 9.28. The second-order valence-electron chi connectivity index (χ2n) is 6.76. The lowest BCUT2D eigenvalue weighted by atomic mass is 10.1. The summed E-state index contributed by atoms with van der Waals surface area (Å²) in [7, 11) is 0. The van der Waals surface area contributed by atoms with E-state index in [9.17, 15) is 9.59 Å². The number of likely N-dealkylation sites (tertiary alicyclic amines) is 1. The van der Waals surface area contributed by atoms with Crippen molar-refractivity contribution >= 4 is 11.7 Å². The van der Waals surface area contributed by atoms with Gasteiger partial charge in [-0.1, -0.05) is 24.3 Å². The molecule has 1 fully saturated rings. The van der Waals surface area contributed by atoms with Gasteiger partial charge in [0.05, 0.1) is 0 Å². The van der Waals surface area contributed by atoms with Crippen molar-refractivity contribution < 1.29 is 4.79 Å². The second-order valence-corrected chi connectivity index (χ2v) is 6.76. The molecule has 3 heterocycles. The molecule has 2 aromatic heterocycles. The molecule has 1 aromatic carbocycles. The number of rotatable bonds is 3. The van der Waals surface area contributed by atoms with Crippen molar-refractivity contribution in [2.45, 2.75) is 33.2 Å². The van der Waals surface area contributed by atoms with E-state index in [1.807, 2.05) is 43.0 Å². The summed E-state index contributed by atoms with van der Waals surface area (Å²) in [6.07, 6.45) is 2.10. The molecule has 134 valence electrons. The quantitative estimate of drug-likeness (QED) is 0.721. The Morgan fingerprint density at radius 2 is 1.88 bits per heavy atom. The molecule has 7 heteroatoms. The van der Waals surface area contributed by atoms with Gasteiger partial charge in [0.25, 0.3) is 5.56 Å². The van der Waals surface area contributed by atoms with E-state index in [4.69, 9.17) is 0 Å². The van der Waals surface area contributed by atoms with Crippen LogP contribution < -0.4 is 5.56 Å². The summed E-state index contributed by atoms with van der Waals surface area (Å²) in [6.45, 7) is 5.57. The summed E-state index contributed by atoms with van der Waals surface area (Å²) < 4.78 is 3.06. The Kier molecular flexibility index (Phi) is 4.06. The lowest BCUT2D eigenvalue weighted by Crippen LogP contribution is -2.33. The Morgan fingerprint density at radius 3 is 2.62 bits per heavy atom. The van der Waals surface area contributed by atoms with Crippen LogP contribution in [0.1, 0.15) is 24.1 Å². The number of aromatic nitrogens is 4. The van der Waals surface area contributed by atoms with E-state index in [0.29, 0.717) is 17.3 Å². The van der Waals surface area contributed by atoms with Gasteiger partial charge in [-0.05, 0) is 32.3 Å². The van der Waals surface area contributed by atoms with E-state index in [1.54, 1.807) is 4.57 Å². The molecule has 3 aromatic rings. The highest BCUT2D eigenvalue weighted by atomic mass is 16.2. The fourth-order valence-corrected chi connectivity index (χ4v) is 3.44. The third-order valence-corrected chi connectivity index (χ3v) is 4.94. The average Bonchev–Trinajstić information content (AvgIpc) is 3.29. The molecule has 26 heavy (non-hydrogen) atoms. The monoisotopic (exact) mass is 351 g/mol. The van der Waals surface area contributed by atoms with Crippen molar-refractivity contribution in [2.24, 2.45) is 0 Å². The maximum atomic E-state index is 12.6. The van der Waals surface area contributed by atoms with Crippen LogP contribution in [-0.2, 0) is 11.3 Å². The smallest absolute Gasteiger partial charge is 0.275 e. The number of hydrogen-bond donors (Lipinski definition) is 0. The van der Waals surface area contributed by atoms with Crippen LogP contribution in [0.2, 0.25) is 0 Å². The third-order valence-electron chi connectivity index (χ3n) is 4.94. The van der Waals surface area contributed by atoms with E-state index in [0.717, 1.165) is 37.1 Å². The maximum absolute atomic E-state index is 12.6. The number of fused-ring (bicyclic) bond motifs is 1. The van der Waals surface area contributed by atoms with Crippen LogP contribution in [0.5, 0.6) is 0 Å². The van der Waals surface area contributed by atoms with E-state index >= 15 is 0 Å². The Labute approximate surface area is 150 Å². The minimum Gasteiger partial charge on any atom is -0.341 e. The first-order valence-electron chi connectivity index (χ1n) is 8.85. The van der Waals surface area contributed by atoms with E-state index in [-0.39, 0.29) is 18.0 Å². The summed E-state index contributed by atoms with van der Waals surface area (Å²) >= 11 is 0. The predicted molar refractivity (Wildman–Crippen MR) is 98.0 cm³/mol. The van der Waals surface area contributed by atoms with Gasteiger partial charge < -0.3 is 9.47 Å². The van der Waals surface area contributed by atoms with Crippen LogP contribution in [0.25, 0.3) is 17.2 Å². The zero-order chi connectivity index (χ0) is 18.3. The van der Waals surface area contributed by atoms with Crippen molar-refractivity contribution in [3.05, 3.63) is 51.9 Å². The highest BCUT2D eigenvalue weighted by Gasteiger charge is 2.21. The summed E-state index contributed by atoms with van der Waals surface area (Å²) in [5.41, 5.74) is 2.38. The third kappa shape index (κ3) is 2.79. The van der Waals surface area contributed by atoms with E-state index in [1.165, 1.54) is 10.6 Å². The van der Waals surface area contributed by atoms with Crippen LogP contribution >= 0.6 is 0 Å². The van der Waals surface area contributed by atoms with Gasteiger partial charge >= 0.3 is 0 Å². The predicted octanol–water partition coefficient (Wildman–Crippen LogP) is 1.80. The standard InChI is InChI=1S/C19H21N5O2/c1-13-7-3-4-8-15(13)18-20-19-23(12-17(26)22-9-5-6-10-22)14(2)11-16(25)24(19)21-18/h3-4,7-8,11H,5-6,9-10,12H2,1-2H3. The van der Waals surface area contributed by atoms with Crippen molar-refractivity contribution in [1.82, 2.24) is 24.1 Å². The molecule has 0 radical (unpaired) electrons. The Bertz CT molecular complexity index is 1040. The van der Waals surface area contributed by atoms with Crippen LogP contribution in [-0.4, -0.2) is 43.1 Å². The number of hydrogen-bond acceptors (Lipinski definition) is 4. The van der Waals surface area contributed by atoms with Gasteiger partial charge in [-0.25, -0.2) is 0 Å². The Hall–Kier alpha value is -2.96. The van der Waals surface area contributed by atoms with Crippen LogP contribution in [0, 0.1) is 13.8 Å². The number of benzene rings is 1. The molecule has 0 bridgehead atoms. The summed E-state index contributed by atoms with van der Waals surface area (Å²) in [4.78, 5) is 31.4. The zero-order valence-electron chi connectivity index (χ0n) is 15.0. The highest BCUT2D eigenvalue weighted by Crippen LogP contribution is 2.20. The van der Waals surface area contributed by atoms with Gasteiger partial charge in [0, 0.05) is 30.4 Å².